The molecule has 0 radical (unpaired) electrons. The Kier molecular flexibility index (Phi) is 7.70. The summed E-state index contributed by atoms with van der Waals surface area (Å²) in [7, 11) is -0.717. The van der Waals surface area contributed by atoms with Crippen molar-refractivity contribution < 1.29 is 13.2 Å². The van der Waals surface area contributed by atoms with Gasteiger partial charge in [0.2, 0.25) is 10.0 Å². The van der Waals surface area contributed by atoms with Crippen molar-refractivity contribution in [1.29, 1.82) is 0 Å². The minimum Gasteiger partial charge on any atom is -0.350 e. The maximum absolute atomic E-state index is 12.4. The summed E-state index contributed by atoms with van der Waals surface area (Å²) in [5, 5.41) is 3.12. The summed E-state index contributed by atoms with van der Waals surface area (Å²) in [6, 6.07) is 4.17. The van der Waals surface area contributed by atoms with Crippen LogP contribution in [0.25, 0.3) is 0 Å². The molecule has 0 saturated carbocycles. The van der Waals surface area contributed by atoms with Gasteiger partial charge in [0, 0.05) is 20.1 Å². The van der Waals surface area contributed by atoms with Gasteiger partial charge in [0.05, 0.1) is 15.5 Å². The lowest BCUT2D eigenvalue weighted by Crippen LogP contribution is -2.33. The molecule has 7 heteroatoms. The van der Waals surface area contributed by atoms with E-state index in [9.17, 15) is 13.2 Å². The molecule has 1 N–H and O–H groups in total. The van der Waals surface area contributed by atoms with E-state index < -0.39 is 10.0 Å². The van der Waals surface area contributed by atoms with Crippen LogP contribution in [0.15, 0.2) is 23.1 Å². The highest BCUT2D eigenvalue weighted by Gasteiger charge is 2.21. The van der Waals surface area contributed by atoms with Gasteiger partial charge < -0.3 is 5.32 Å². The first-order chi connectivity index (χ1) is 11.1. The van der Waals surface area contributed by atoms with Crippen molar-refractivity contribution >= 4 is 27.5 Å². The Labute approximate surface area is 150 Å². The second-order valence-electron chi connectivity index (χ2n) is 6.63. The zero-order valence-electron chi connectivity index (χ0n) is 15.0. The maximum atomic E-state index is 12.4. The molecular weight excluding hydrogens is 348 g/mol. The van der Waals surface area contributed by atoms with Gasteiger partial charge in [-0.2, -0.15) is 0 Å². The van der Waals surface area contributed by atoms with Crippen LogP contribution in [0, 0.1) is 5.92 Å². The highest BCUT2D eigenvalue weighted by molar-refractivity contribution is 7.89. The fraction of sp³-hybridized carbons (Fsp3) is 0.588. The highest BCUT2D eigenvalue weighted by atomic mass is 35.5. The first-order valence-electron chi connectivity index (χ1n) is 8.08. The smallest absolute Gasteiger partial charge is 0.253 e. The zero-order chi connectivity index (χ0) is 18.5. The van der Waals surface area contributed by atoms with Crippen molar-refractivity contribution in [2.75, 3.05) is 14.1 Å². The summed E-state index contributed by atoms with van der Waals surface area (Å²) in [5.41, 5.74) is 0.176. The van der Waals surface area contributed by atoms with Gasteiger partial charge in [-0.1, -0.05) is 38.3 Å². The fourth-order valence-corrected chi connectivity index (χ4v) is 3.39. The van der Waals surface area contributed by atoms with Crippen LogP contribution in [0.3, 0.4) is 0 Å². The van der Waals surface area contributed by atoms with Crippen molar-refractivity contribution in [2.24, 2.45) is 5.92 Å². The van der Waals surface area contributed by atoms with Gasteiger partial charge in [0.15, 0.2) is 0 Å². The third kappa shape index (κ3) is 5.76. The minimum absolute atomic E-state index is 0.00132. The van der Waals surface area contributed by atoms with Gasteiger partial charge in [-0.25, -0.2) is 12.7 Å². The van der Waals surface area contributed by atoms with Gasteiger partial charge in [-0.3, -0.25) is 4.79 Å². The molecule has 1 unspecified atom stereocenters. The molecule has 0 aliphatic heterocycles. The Morgan fingerprint density at radius 2 is 1.83 bits per heavy atom. The number of hydrogen-bond donors (Lipinski definition) is 1. The van der Waals surface area contributed by atoms with E-state index in [4.69, 9.17) is 11.6 Å². The van der Waals surface area contributed by atoms with E-state index in [-0.39, 0.29) is 27.4 Å². The number of nitrogens with one attached hydrogen (secondary N) is 1. The molecule has 1 aromatic carbocycles. The summed E-state index contributed by atoms with van der Waals surface area (Å²) in [5.74, 6) is 0.281. The molecule has 1 aromatic rings. The Morgan fingerprint density at radius 3 is 2.38 bits per heavy atom. The summed E-state index contributed by atoms with van der Waals surface area (Å²) < 4.78 is 25.5. The van der Waals surface area contributed by atoms with Crippen molar-refractivity contribution in [2.45, 2.75) is 51.0 Å². The average Bonchev–Trinajstić information content (AvgIpc) is 2.46. The highest BCUT2D eigenvalue weighted by Crippen LogP contribution is 2.22. The first kappa shape index (κ1) is 20.9. The van der Waals surface area contributed by atoms with Crippen LogP contribution in [0.1, 0.15) is 50.4 Å². The maximum Gasteiger partial charge on any atom is 0.253 e. The first-order valence-corrected chi connectivity index (χ1v) is 9.90. The molecule has 0 saturated heterocycles. The molecule has 1 rings (SSSR count). The lowest BCUT2D eigenvalue weighted by atomic mass is 10.0. The van der Waals surface area contributed by atoms with Crippen LogP contribution >= 0.6 is 11.6 Å². The van der Waals surface area contributed by atoms with Crippen LogP contribution in [0.4, 0.5) is 0 Å². The normalized spacial score (nSPS) is 13.3. The number of carbonyl (C=O) groups is 1. The van der Waals surface area contributed by atoms with Gasteiger partial charge in [-0.05, 0) is 37.5 Å². The third-order valence-electron chi connectivity index (χ3n) is 3.76. The van der Waals surface area contributed by atoms with Crippen molar-refractivity contribution in [3.05, 3.63) is 28.8 Å². The van der Waals surface area contributed by atoms with Crippen molar-refractivity contribution in [1.82, 2.24) is 9.62 Å². The van der Waals surface area contributed by atoms with E-state index in [0.29, 0.717) is 5.92 Å². The average molecular weight is 375 g/mol. The Balaban J connectivity index is 2.87. The van der Waals surface area contributed by atoms with E-state index in [0.717, 1.165) is 23.6 Å². The molecule has 0 fully saturated rings. The number of nitrogens with zero attached hydrogens (tertiary/aromatic N) is 1. The molecule has 0 spiro atoms. The van der Waals surface area contributed by atoms with E-state index >= 15 is 0 Å². The number of hydrogen-bond acceptors (Lipinski definition) is 3. The van der Waals surface area contributed by atoms with Crippen LogP contribution in [0.2, 0.25) is 5.02 Å². The summed E-state index contributed by atoms with van der Waals surface area (Å²) >= 11 is 6.08. The van der Waals surface area contributed by atoms with Gasteiger partial charge in [0.25, 0.3) is 5.91 Å². The molecule has 0 heterocycles. The molecule has 24 heavy (non-hydrogen) atoms. The summed E-state index contributed by atoms with van der Waals surface area (Å²) in [6.45, 7) is 6.27. The third-order valence-corrected chi connectivity index (χ3v) is 5.90. The molecule has 5 nitrogen and oxygen atoms in total. The van der Waals surface area contributed by atoms with Crippen LogP contribution < -0.4 is 5.32 Å². The SMILES string of the molecule is CC(C)CCCC(C)NC(=O)c1cc(S(=O)(=O)N(C)C)ccc1Cl. The number of carbonyl (C=O) groups excluding carboxylic acids is 1. The second kappa shape index (κ2) is 8.83. The van der Waals surface area contributed by atoms with Crippen LogP contribution in [-0.4, -0.2) is 38.8 Å². The predicted molar refractivity (Wildman–Crippen MR) is 97.9 cm³/mol. The molecule has 136 valence electrons. The molecule has 0 aliphatic rings. The van der Waals surface area contributed by atoms with E-state index in [1.807, 2.05) is 6.92 Å². The number of sulfonamides is 1. The second-order valence-corrected chi connectivity index (χ2v) is 9.19. The molecule has 0 aliphatic carbocycles. The van der Waals surface area contributed by atoms with Gasteiger partial charge in [0.1, 0.15) is 0 Å². The molecule has 0 aromatic heterocycles. The number of benzene rings is 1. The quantitative estimate of drug-likeness (QED) is 0.756. The largest absolute Gasteiger partial charge is 0.350 e. The standard InChI is InChI=1S/C17H27ClN2O3S/c1-12(2)7-6-8-13(3)19-17(21)15-11-14(9-10-16(15)18)24(22,23)20(4)5/h9-13H,6-8H2,1-5H3,(H,19,21). The van der Waals surface area contributed by atoms with Crippen molar-refractivity contribution in [3.8, 4) is 0 Å². The van der Waals surface area contributed by atoms with E-state index in [1.54, 1.807) is 0 Å². The molecule has 0 bridgehead atoms. The topological polar surface area (TPSA) is 66.5 Å². The summed E-state index contributed by atoms with van der Waals surface area (Å²) in [6.07, 6.45) is 3.01. The number of rotatable bonds is 8. The van der Waals surface area contributed by atoms with Crippen molar-refractivity contribution in [3.63, 3.8) is 0 Å². The fourth-order valence-electron chi connectivity index (χ4n) is 2.26. The Bertz CT molecular complexity index is 672. The zero-order valence-corrected chi connectivity index (χ0v) is 16.5. The predicted octanol–water partition coefficient (Wildman–Crippen LogP) is 3.53. The molecular formula is C17H27ClN2O3S. The van der Waals surface area contributed by atoms with Crippen LogP contribution in [0.5, 0.6) is 0 Å². The van der Waals surface area contributed by atoms with Gasteiger partial charge >= 0.3 is 0 Å². The summed E-state index contributed by atoms with van der Waals surface area (Å²) in [4.78, 5) is 12.5. The molecule has 1 amide bonds. The lowest BCUT2D eigenvalue weighted by Gasteiger charge is -2.16. The van der Waals surface area contributed by atoms with E-state index in [1.165, 1.54) is 32.3 Å². The van der Waals surface area contributed by atoms with Crippen LogP contribution in [-0.2, 0) is 10.0 Å². The minimum atomic E-state index is -3.61. The Morgan fingerprint density at radius 1 is 1.21 bits per heavy atom. The van der Waals surface area contributed by atoms with Gasteiger partial charge in [-0.15, -0.1) is 0 Å². The van der Waals surface area contributed by atoms with E-state index in [2.05, 4.69) is 19.2 Å². The number of amides is 1. The lowest BCUT2D eigenvalue weighted by molar-refractivity contribution is 0.0937. The monoisotopic (exact) mass is 374 g/mol. The number of halogens is 1. The molecule has 1 atom stereocenters. The Hall–Kier alpha value is -1.11.